The Morgan fingerprint density at radius 1 is 1.04 bits per heavy atom. The van der Waals surface area contributed by atoms with Gasteiger partial charge in [0.2, 0.25) is 0 Å². The molecule has 2 amide bonds. The molecule has 0 bridgehead atoms. The Bertz CT molecular complexity index is 729. The van der Waals surface area contributed by atoms with Gasteiger partial charge in [0.05, 0.1) is 0 Å². The molecule has 0 aromatic heterocycles. The smallest absolute Gasteiger partial charge is 0.313 e. The molecule has 23 heavy (non-hydrogen) atoms. The van der Waals surface area contributed by atoms with E-state index in [0.29, 0.717) is 17.7 Å². The standard InChI is InChI=1S/C18H19FN2O2/c1-12-7-8-13(2)16(11-12)21-18(23)17(22)20-10-9-14-5-3-4-6-15(14)19/h3-8,11H,9-10H2,1-2H3,(H,20,22)(H,21,23). The summed E-state index contributed by atoms with van der Waals surface area (Å²) < 4.78 is 13.5. The lowest BCUT2D eigenvalue weighted by Gasteiger charge is -2.10. The Morgan fingerprint density at radius 3 is 2.52 bits per heavy atom. The average molecular weight is 314 g/mol. The van der Waals surface area contributed by atoms with E-state index in [2.05, 4.69) is 10.6 Å². The van der Waals surface area contributed by atoms with Crippen molar-refractivity contribution in [2.75, 3.05) is 11.9 Å². The first-order valence-electron chi connectivity index (χ1n) is 7.37. The summed E-state index contributed by atoms with van der Waals surface area (Å²) in [6.07, 6.45) is 0.329. The second kappa shape index (κ2) is 7.54. The van der Waals surface area contributed by atoms with Crippen LogP contribution in [0.25, 0.3) is 0 Å². The van der Waals surface area contributed by atoms with Crippen molar-refractivity contribution in [1.82, 2.24) is 5.32 Å². The van der Waals surface area contributed by atoms with Crippen LogP contribution in [0.1, 0.15) is 16.7 Å². The zero-order valence-corrected chi connectivity index (χ0v) is 13.2. The van der Waals surface area contributed by atoms with Crippen molar-refractivity contribution in [1.29, 1.82) is 0 Å². The van der Waals surface area contributed by atoms with E-state index in [-0.39, 0.29) is 12.4 Å². The van der Waals surface area contributed by atoms with Crippen molar-refractivity contribution in [2.24, 2.45) is 0 Å². The zero-order valence-electron chi connectivity index (χ0n) is 13.2. The van der Waals surface area contributed by atoms with Crippen LogP contribution < -0.4 is 10.6 Å². The first kappa shape index (κ1) is 16.7. The average Bonchev–Trinajstić information content (AvgIpc) is 2.52. The van der Waals surface area contributed by atoms with Crippen LogP contribution in [0, 0.1) is 19.7 Å². The van der Waals surface area contributed by atoms with Gasteiger partial charge >= 0.3 is 11.8 Å². The van der Waals surface area contributed by atoms with Crippen LogP contribution in [0.3, 0.4) is 0 Å². The Hall–Kier alpha value is -2.69. The van der Waals surface area contributed by atoms with Gasteiger partial charge in [-0.2, -0.15) is 0 Å². The molecular formula is C18H19FN2O2. The summed E-state index contributed by atoms with van der Waals surface area (Å²) in [6.45, 7) is 3.95. The molecule has 0 radical (unpaired) electrons. The van der Waals surface area contributed by atoms with E-state index >= 15 is 0 Å². The Morgan fingerprint density at radius 2 is 1.78 bits per heavy atom. The van der Waals surface area contributed by atoms with Crippen LogP contribution in [-0.4, -0.2) is 18.4 Å². The third-order valence-electron chi connectivity index (χ3n) is 3.49. The summed E-state index contributed by atoms with van der Waals surface area (Å²) >= 11 is 0. The lowest BCUT2D eigenvalue weighted by Crippen LogP contribution is -2.36. The number of benzene rings is 2. The van der Waals surface area contributed by atoms with Crippen LogP contribution >= 0.6 is 0 Å². The van der Waals surface area contributed by atoms with Gasteiger partial charge in [-0.3, -0.25) is 9.59 Å². The molecule has 0 aliphatic rings. The topological polar surface area (TPSA) is 58.2 Å². The maximum Gasteiger partial charge on any atom is 0.313 e. The highest BCUT2D eigenvalue weighted by atomic mass is 19.1. The number of carbonyl (C=O) groups is 2. The quantitative estimate of drug-likeness (QED) is 0.853. The molecule has 0 aliphatic heterocycles. The fourth-order valence-corrected chi connectivity index (χ4v) is 2.14. The highest BCUT2D eigenvalue weighted by molar-refractivity contribution is 6.39. The summed E-state index contributed by atoms with van der Waals surface area (Å²) in [6, 6.07) is 12.0. The normalized spacial score (nSPS) is 10.2. The van der Waals surface area contributed by atoms with Gasteiger partial charge in [0.25, 0.3) is 0 Å². The molecule has 4 nitrogen and oxygen atoms in total. The van der Waals surface area contributed by atoms with Crippen LogP contribution in [0.15, 0.2) is 42.5 Å². The first-order chi connectivity index (χ1) is 11.0. The molecule has 2 aromatic carbocycles. The number of hydrogen-bond acceptors (Lipinski definition) is 2. The van der Waals surface area contributed by atoms with E-state index in [0.717, 1.165) is 11.1 Å². The van der Waals surface area contributed by atoms with Crippen molar-refractivity contribution < 1.29 is 14.0 Å². The zero-order chi connectivity index (χ0) is 16.8. The predicted molar refractivity (Wildman–Crippen MR) is 87.7 cm³/mol. The maximum atomic E-state index is 13.5. The van der Waals surface area contributed by atoms with Crippen molar-refractivity contribution in [3.63, 3.8) is 0 Å². The molecular weight excluding hydrogens is 295 g/mol. The molecule has 0 saturated heterocycles. The molecule has 0 unspecified atom stereocenters. The van der Waals surface area contributed by atoms with Gasteiger partial charge in [-0.25, -0.2) is 4.39 Å². The minimum Gasteiger partial charge on any atom is -0.347 e. The number of aryl methyl sites for hydroxylation is 2. The van der Waals surface area contributed by atoms with Crippen LogP contribution in [-0.2, 0) is 16.0 Å². The number of halogens is 1. The first-order valence-corrected chi connectivity index (χ1v) is 7.37. The van der Waals surface area contributed by atoms with Crippen LogP contribution in [0.4, 0.5) is 10.1 Å². The number of rotatable bonds is 4. The molecule has 0 atom stereocenters. The summed E-state index contributed by atoms with van der Waals surface area (Å²) in [4.78, 5) is 23.7. The molecule has 5 heteroatoms. The van der Waals surface area contributed by atoms with Crippen LogP contribution in [0.2, 0.25) is 0 Å². The highest BCUT2D eigenvalue weighted by Gasteiger charge is 2.14. The van der Waals surface area contributed by atoms with Gasteiger partial charge in [0.15, 0.2) is 0 Å². The molecule has 2 N–H and O–H groups in total. The van der Waals surface area contributed by atoms with Crippen molar-refractivity contribution in [3.05, 3.63) is 65.0 Å². The van der Waals surface area contributed by atoms with Crippen LogP contribution in [0.5, 0.6) is 0 Å². The van der Waals surface area contributed by atoms with E-state index in [1.165, 1.54) is 6.07 Å². The number of anilines is 1. The summed E-state index contributed by atoms with van der Waals surface area (Å²) in [5.41, 5.74) is 2.98. The van der Waals surface area contributed by atoms with Gasteiger partial charge in [-0.15, -0.1) is 0 Å². The van der Waals surface area contributed by atoms with Gasteiger partial charge in [-0.05, 0) is 49.1 Å². The number of nitrogens with one attached hydrogen (secondary N) is 2. The SMILES string of the molecule is Cc1ccc(C)c(NC(=O)C(=O)NCCc2ccccc2F)c1. The number of carbonyl (C=O) groups excluding carboxylic acids is 2. The van der Waals surface area contributed by atoms with E-state index in [1.807, 2.05) is 26.0 Å². The second-order valence-electron chi connectivity index (χ2n) is 5.37. The predicted octanol–water partition coefficient (Wildman–Crippen LogP) is 2.74. The largest absolute Gasteiger partial charge is 0.347 e. The van der Waals surface area contributed by atoms with E-state index in [9.17, 15) is 14.0 Å². The summed E-state index contributed by atoms with van der Waals surface area (Å²) in [5.74, 6) is -1.78. The van der Waals surface area contributed by atoms with Gasteiger partial charge in [-0.1, -0.05) is 30.3 Å². The number of amides is 2. The summed E-state index contributed by atoms with van der Waals surface area (Å²) in [7, 11) is 0. The Balaban J connectivity index is 1.87. The highest BCUT2D eigenvalue weighted by Crippen LogP contribution is 2.16. The fourth-order valence-electron chi connectivity index (χ4n) is 2.14. The molecule has 0 aliphatic carbocycles. The fraction of sp³-hybridized carbons (Fsp3) is 0.222. The van der Waals surface area contributed by atoms with Crippen molar-refractivity contribution >= 4 is 17.5 Å². The molecule has 2 rings (SSSR count). The molecule has 2 aromatic rings. The van der Waals surface area contributed by atoms with Gasteiger partial charge in [0, 0.05) is 12.2 Å². The van der Waals surface area contributed by atoms with E-state index in [4.69, 9.17) is 0 Å². The minimum absolute atomic E-state index is 0.194. The lowest BCUT2D eigenvalue weighted by molar-refractivity contribution is -0.136. The molecule has 120 valence electrons. The Labute approximate surface area is 134 Å². The van der Waals surface area contributed by atoms with E-state index in [1.54, 1.807) is 24.3 Å². The third-order valence-corrected chi connectivity index (χ3v) is 3.49. The van der Waals surface area contributed by atoms with Crippen molar-refractivity contribution in [3.8, 4) is 0 Å². The minimum atomic E-state index is -0.734. The van der Waals surface area contributed by atoms with Crippen molar-refractivity contribution in [2.45, 2.75) is 20.3 Å². The second-order valence-corrected chi connectivity index (χ2v) is 5.37. The lowest BCUT2D eigenvalue weighted by atomic mass is 10.1. The maximum absolute atomic E-state index is 13.5. The monoisotopic (exact) mass is 314 g/mol. The van der Waals surface area contributed by atoms with Gasteiger partial charge in [0.1, 0.15) is 5.82 Å². The number of hydrogen-bond donors (Lipinski definition) is 2. The molecule has 0 fully saturated rings. The summed E-state index contributed by atoms with van der Waals surface area (Å²) in [5, 5.41) is 5.08. The molecule has 0 spiro atoms. The molecule has 0 heterocycles. The molecule has 0 saturated carbocycles. The van der Waals surface area contributed by atoms with E-state index < -0.39 is 11.8 Å². The third kappa shape index (κ3) is 4.64. The Kier molecular flexibility index (Phi) is 5.46. The van der Waals surface area contributed by atoms with Gasteiger partial charge < -0.3 is 10.6 Å².